The minimum Gasteiger partial charge on any atom is -0.399 e. The fraction of sp³-hybridized carbons (Fsp3) is 0.600. The Hall–Kier alpha value is -3.52. The first-order chi connectivity index (χ1) is 30.3. The first kappa shape index (κ1) is 49.5. The summed E-state index contributed by atoms with van der Waals surface area (Å²) in [6.45, 7) is 11.5. The first-order valence-corrected chi connectivity index (χ1v) is 26.2. The predicted octanol–water partition coefficient (Wildman–Crippen LogP) is 18.2. The van der Waals surface area contributed by atoms with E-state index in [1.807, 2.05) is 0 Å². The van der Waals surface area contributed by atoms with Gasteiger partial charge in [0.1, 0.15) is 0 Å². The fourth-order valence-corrected chi connectivity index (χ4v) is 11.2. The molecule has 0 bridgehead atoms. The molecule has 2 unspecified atom stereocenters. The molecule has 0 aromatic heterocycles. The monoisotopic (exact) mass is 839 g/mol. The molecular weight excluding hydrogens is 749 g/mol. The topological polar surface area (TPSA) is 52.0 Å². The zero-order chi connectivity index (χ0) is 44.0. The average molecular weight is 839 g/mol. The second-order valence-corrected chi connectivity index (χ2v) is 20.0. The highest BCUT2D eigenvalue weighted by Crippen LogP contribution is 2.48. The number of aryl methyl sites for hydroxylation is 2. The van der Waals surface area contributed by atoms with Crippen molar-refractivity contribution in [2.75, 3.05) is 11.5 Å². The summed E-state index contributed by atoms with van der Waals surface area (Å²) < 4.78 is 0. The Labute approximate surface area is 381 Å². The van der Waals surface area contributed by atoms with E-state index in [0.717, 1.165) is 17.3 Å². The highest BCUT2D eigenvalue weighted by molar-refractivity contribution is 5.51. The van der Waals surface area contributed by atoms with Crippen molar-refractivity contribution in [2.45, 2.75) is 225 Å². The van der Waals surface area contributed by atoms with Crippen LogP contribution in [0, 0.1) is 19.8 Å². The Morgan fingerprint density at radius 2 is 0.790 bits per heavy atom. The van der Waals surface area contributed by atoms with Crippen molar-refractivity contribution in [2.24, 2.45) is 5.92 Å². The van der Waals surface area contributed by atoms with Gasteiger partial charge in [-0.05, 0) is 127 Å². The number of hydrogen-bond acceptors (Lipinski definition) is 2. The van der Waals surface area contributed by atoms with Crippen LogP contribution >= 0.6 is 0 Å². The lowest BCUT2D eigenvalue weighted by atomic mass is 9.62. The third kappa shape index (κ3) is 14.8. The van der Waals surface area contributed by atoms with Crippen molar-refractivity contribution in [3.63, 3.8) is 0 Å². The molecule has 4 aromatic carbocycles. The van der Waals surface area contributed by atoms with Gasteiger partial charge in [-0.25, -0.2) is 0 Å². The second-order valence-electron chi connectivity index (χ2n) is 20.0. The smallest absolute Gasteiger partial charge is 0.0316 e. The van der Waals surface area contributed by atoms with Crippen LogP contribution in [0.1, 0.15) is 250 Å². The van der Waals surface area contributed by atoms with Crippen LogP contribution < -0.4 is 11.5 Å². The van der Waals surface area contributed by atoms with Crippen LogP contribution in [0.25, 0.3) is 0 Å². The molecule has 0 aliphatic heterocycles. The van der Waals surface area contributed by atoms with Crippen molar-refractivity contribution in [1.29, 1.82) is 0 Å². The maximum Gasteiger partial charge on any atom is 0.0316 e. The predicted molar refractivity (Wildman–Crippen MR) is 274 cm³/mol. The largest absolute Gasteiger partial charge is 0.399 e. The van der Waals surface area contributed by atoms with Crippen molar-refractivity contribution >= 4 is 11.4 Å². The molecule has 0 radical (unpaired) electrons. The van der Waals surface area contributed by atoms with Gasteiger partial charge < -0.3 is 11.5 Å². The van der Waals surface area contributed by atoms with E-state index in [1.165, 1.54) is 218 Å². The summed E-state index contributed by atoms with van der Waals surface area (Å²) in [5.74, 6) is 1.63. The van der Waals surface area contributed by atoms with Gasteiger partial charge in [0, 0.05) is 28.6 Å². The molecule has 1 aliphatic carbocycles. The summed E-state index contributed by atoms with van der Waals surface area (Å²) in [5.41, 5.74) is 25.8. The molecule has 2 heteroatoms. The maximum absolute atomic E-state index is 6.28. The van der Waals surface area contributed by atoms with Crippen LogP contribution in [0.5, 0.6) is 0 Å². The Balaban J connectivity index is 1.33. The van der Waals surface area contributed by atoms with Crippen LogP contribution in [-0.4, -0.2) is 0 Å². The van der Waals surface area contributed by atoms with E-state index in [4.69, 9.17) is 11.5 Å². The number of hydrogen-bond donors (Lipinski definition) is 2. The van der Waals surface area contributed by atoms with E-state index in [9.17, 15) is 0 Å². The second kappa shape index (κ2) is 27.0. The fourth-order valence-electron chi connectivity index (χ4n) is 11.2. The van der Waals surface area contributed by atoms with Gasteiger partial charge in [-0.2, -0.15) is 0 Å². The van der Waals surface area contributed by atoms with E-state index in [0.29, 0.717) is 11.8 Å². The highest BCUT2D eigenvalue weighted by Gasteiger charge is 2.38. The normalized spacial score (nSPS) is 17.6. The summed E-state index contributed by atoms with van der Waals surface area (Å²) >= 11 is 0. The number of nitrogen functional groups attached to an aromatic ring is 2. The van der Waals surface area contributed by atoms with Crippen LogP contribution in [0.4, 0.5) is 11.4 Å². The van der Waals surface area contributed by atoms with Crippen LogP contribution in [0.15, 0.2) is 84.9 Å². The number of anilines is 2. The average Bonchev–Trinajstić information content (AvgIpc) is 3.28. The molecule has 2 nitrogen and oxygen atoms in total. The van der Waals surface area contributed by atoms with Gasteiger partial charge in [-0.3, -0.25) is 0 Å². The van der Waals surface area contributed by atoms with Crippen molar-refractivity contribution in [3.05, 3.63) is 129 Å². The molecule has 4 aromatic rings. The van der Waals surface area contributed by atoms with Crippen LogP contribution in [0.2, 0.25) is 0 Å². The van der Waals surface area contributed by atoms with Crippen LogP contribution in [0.3, 0.4) is 0 Å². The Morgan fingerprint density at radius 3 is 1.11 bits per heavy atom. The number of unbranched alkanes of at least 4 members (excludes halogenated alkanes) is 18. The molecule has 62 heavy (non-hydrogen) atoms. The summed E-state index contributed by atoms with van der Waals surface area (Å²) in [4.78, 5) is 0. The first-order valence-electron chi connectivity index (χ1n) is 26.2. The summed E-state index contributed by atoms with van der Waals surface area (Å²) in [6, 6.07) is 33.3. The zero-order valence-electron chi connectivity index (χ0n) is 40.6. The molecule has 5 rings (SSSR count). The van der Waals surface area contributed by atoms with Gasteiger partial charge in [0.2, 0.25) is 0 Å². The lowest BCUT2D eigenvalue weighted by Crippen LogP contribution is -2.33. The Morgan fingerprint density at radius 1 is 0.452 bits per heavy atom. The van der Waals surface area contributed by atoms with Gasteiger partial charge in [0.25, 0.3) is 0 Å². The molecule has 1 saturated carbocycles. The summed E-state index contributed by atoms with van der Waals surface area (Å²) in [5, 5.41) is 0. The van der Waals surface area contributed by atoms with E-state index >= 15 is 0 Å². The zero-order valence-corrected chi connectivity index (χ0v) is 40.6. The van der Waals surface area contributed by atoms with E-state index in [-0.39, 0.29) is 5.41 Å². The molecule has 340 valence electrons. The van der Waals surface area contributed by atoms with Gasteiger partial charge >= 0.3 is 0 Å². The number of benzene rings is 4. The van der Waals surface area contributed by atoms with Gasteiger partial charge in [0.15, 0.2) is 0 Å². The molecule has 1 fully saturated rings. The third-order valence-corrected chi connectivity index (χ3v) is 15.3. The molecule has 0 amide bonds. The molecule has 1 aliphatic rings. The van der Waals surface area contributed by atoms with Crippen LogP contribution in [-0.2, 0) is 5.41 Å². The van der Waals surface area contributed by atoms with Crippen molar-refractivity contribution in [1.82, 2.24) is 0 Å². The quantitative estimate of drug-likeness (QED) is 0.0423. The minimum absolute atomic E-state index is 0.0506. The molecule has 2 atom stereocenters. The number of rotatable bonds is 29. The standard InChI is InChI=1S/C60H90N2/c1-6-9-11-13-15-17-19-21-23-25-27-58(56-39-37-54(61)45-47(56)4)50-29-33-52(34-30-50)60(43-41-49(8-3)42-44-60)53-35-31-51(32-36-53)59(57-40-38-55(62)46-48(57)5)28-26-24-22-20-18-16-14-12-10-7-2/h29-40,45-46,49,58-59H,6-28,41-44,61-62H2,1-5H3. The Kier molecular flexibility index (Phi) is 21.5. The SMILES string of the molecule is CCCCCCCCCCCCC(c1ccc(C2(c3ccc(C(CCCCCCCCCCCC)c4ccc(N)cc4C)cc3)CCC(CC)CC2)cc1)c1ccc(N)cc1C. The molecule has 4 N–H and O–H groups in total. The molecular formula is C60H90N2. The van der Waals surface area contributed by atoms with Gasteiger partial charge in [-0.1, -0.05) is 216 Å². The summed E-state index contributed by atoms with van der Waals surface area (Å²) in [7, 11) is 0. The third-order valence-electron chi connectivity index (χ3n) is 15.3. The van der Waals surface area contributed by atoms with Crippen molar-refractivity contribution in [3.8, 4) is 0 Å². The van der Waals surface area contributed by atoms with E-state index in [2.05, 4.69) is 120 Å². The van der Waals surface area contributed by atoms with E-state index in [1.54, 1.807) is 0 Å². The van der Waals surface area contributed by atoms with E-state index < -0.39 is 0 Å². The molecule has 0 heterocycles. The summed E-state index contributed by atoms with van der Waals surface area (Å²) in [6.07, 6.45) is 36.2. The Bertz CT molecular complexity index is 1690. The highest BCUT2D eigenvalue weighted by atomic mass is 14.5. The minimum atomic E-state index is 0.0506. The molecule has 0 spiro atoms. The van der Waals surface area contributed by atoms with Gasteiger partial charge in [-0.15, -0.1) is 0 Å². The maximum atomic E-state index is 6.28. The lowest BCUT2D eigenvalue weighted by Gasteiger charge is -2.41. The van der Waals surface area contributed by atoms with Crippen molar-refractivity contribution < 1.29 is 0 Å². The molecule has 0 saturated heterocycles. The van der Waals surface area contributed by atoms with Gasteiger partial charge in [0.05, 0.1) is 0 Å². The lowest BCUT2D eigenvalue weighted by molar-refractivity contribution is 0.260. The number of nitrogens with two attached hydrogens (primary N) is 2.